The van der Waals surface area contributed by atoms with Crippen molar-refractivity contribution in [1.29, 1.82) is 0 Å². The lowest BCUT2D eigenvalue weighted by Crippen LogP contribution is -2.08. The fourth-order valence-corrected chi connectivity index (χ4v) is 7.04. The van der Waals surface area contributed by atoms with Gasteiger partial charge in [-0.2, -0.15) is 0 Å². The van der Waals surface area contributed by atoms with E-state index in [9.17, 15) is 0 Å². The third kappa shape index (κ3) is 5.36. The molecule has 0 N–H and O–H groups in total. The third-order valence-electron chi connectivity index (χ3n) is 9.48. The lowest BCUT2D eigenvalue weighted by molar-refractivity contribution is 0.722. The van der Waals surface area contributed by atoms with Crippen molar-refractivity contribution in [3.8, 4) is 33.8 Å². The molecule has 3 atom stereocenters. The number of aromatic nitrogens is 3. The molecule has 3 heteroatoms. The molecule has 0 aliphatic heterocycles. The summed E-state index contributed by atoms with van der Waals surface area (Å²) < 4.78 is 0. The van der Waals surface area contributed by atoms with Crippen LogP contribution in [0.25, 0.3) is 45.4 Å². The molecule has 5 aromatic rings. The second-order valence-corrected chi connectivity index (χ2v) is 12.2. The Labute approximate surface area is 276 Å². The van der Waals surface area contributed by atoms with Gasteiger partial charge < -0.3 is 0 Å². The fraction of sp³-hybridized carbons (Fsp3) is 0.0682. The SMILES string of the molecule is C=C/C(=C\C=C\c1cccnc1)c1cc(-c2ccc(C3C4C=CC=C5C=CC=CC543)cc2)nc(-c2ccc(-c3ccccc3)cc2)n1. The topological polar surface area (TPSA) is 38.7 Å². The molecule has 8 rings (SSSR count). The monoisotopic (exact) mass is 603 g/mol. The van der Waals surface area contributed by atoms with E-state index in [4.69, 9.17) is 9.97 Å². The van der Waals surface area contributed by atoms with E-state index in [1.807, 2.05) is 48.7 Å². The van der Waals surface area contributed by atoms with E-state index in [-0.39, 0.29) is 5.41 Å². The lowest BCUT2D eigenvalue weighted by atomic mass is 9.84. The van der Waals surface area contributed by atoms with Gasteiger partial charge >= 0.3 is 0 Å². The highest BCUT2D eigenvalue weighted by molar-refractivity contribution is 5.78. The molecular weight excluding hydrogens is 571 g/mol. The van der Waals surface area contributed by atoms with Gasteiger partial charge in [0, 0.05) is 34.9 Å². The molecule has 1 fully saturated rings. The van der Waals surface area contributed by atoms with E-state index >= 15 is 0 Å². The Bertz CT molecular complexity index is 2130. The Morgan fingerprint density at radius 1 is 0.766 bits per heavy atom. The number of hydrogen-bond acceptors (Lipinski definition) is 3. The highest BCUT2D eigenvalue weighted by Gasteiger charge is 2.64. The smallest absolute Gasteiger partial charge is 0.160 e. The van der Waals surface area contributed by atoms with Gasteiger partial charge in [0.15, 0.2) is 5.82 Å². The van der Waals surface area contributed by atoms with Gasteiger partial charge in [0.2, 0.25) is 0 Å². The van der Waals surface area contributed by atoms with Crippen molar-refractivity contribution >= 4 is 11.6 Å². The standard InChI is InChI=1S/C44H33N3/c1-2-32(15-8-11-31-12-10-28-45-30-31)40-29-41(47-43(46-40)37-25-19-34(20-26-37)33-13-4-3-5-14-33)35-21-23-36(24-22-35)42-39-18-9-17-38-16-6-7-27-44(38,39)42/h2-30,39,42H,1H2/b11-8+,32-15+. The predicted octanol–water partition coefficient (Wildman–Crippen LogP) is 10.5. The second kappa shape index (κ2) is 12.1. The van der Waals surface area contributed by atoms with E-state index in [0.717, 1.165) is 39.2 Å². The number of benzene rings is 3. The minimum absolute atomic E-state index is 0.0964. The summed E-state index contributed by atoms with van der Waals surface area (Å²) in [5.41, 5.74) is 10.9. The van der Waals surface area contributed by atoms with Crippen LogP contribution in [0.3, 0.4) is 0 Å². The van der Waals surface area contributed by atoms with Crippen molar-refractivity contribution in [2.24, 2.45) is 11.3 Å². The van der Waals surface area contributed by atoms with E-state index < -0.39 is 0 Å². The molecule has 1 saturated carbocycles. The number of pyridine rings is 1. The molecule has 3 unspecified atom stereocenters. The molecule has 224 valence electrons. The molecule has 2 aromatic heterocycles. The van der Waals surface area contributed by atoms with Gasteiger partial charge in [0.1, 0.15) is 0 Å². The average Bonchev–Trinajstić information content (AvgIpc) is 3.81. The normalized spacial score (nSPS) is 20.9. The summed E-state index contributed by atoms with van der Waals surface area (Å²) in [7, 11) is 0. The molecule has 3 aliphatic carbocycles. The summed E-state index contributed by atoms with van der Waals surface area (Å²) in [5.74, 6) is 1.63. The Kier molecular flexibility index (Phi) is 7.35. The molecule has 47 heavy (non-hydrogen) atoms. The van der Waals surface area contributed by atoms with Crippen LogP contribution in [-0.4, -0.2) is 15.0 Å². The van der Waals surface area contributed by atoms with Crippen LogP contribution in [0.5, 0.6) is 0 Å². The first-order chi connectivity index (χ1) is 23.2. The number of allylic oxidation sites excluding steroid dienone is 12. The van der Waals surface area contributed by atoms with Crippen molar-refractivity contribution in [2.45, 2.75) is 5.92 Å². The van der Waals surface area contributed by atoms with Gasteiger partial charge in [0.25, 0.3) is 0 Å². The molecule has 3 aromatic carbocycles. The lowest BCUT2D eigenvalue weighted by Gasteiger charge is -2.19. The summed E-state index contributed by atoms with van der Waals surface area (Å²) >= 11 is 0. The fourth-order valence-electron chi connectivity index (χ4n) is 7.04. The molecule has 3 nitrogen and oxygen atoms in total. The maximum absolute atomic E-state index is 5.11. The zero-order valence-corrected chi connectivity index (χ0v) is 25.9. The minimum atomic E-state index is 0.0964. The summed E-state index contributed by atoms with van der Waals surface area (Å²) in [5, 5.41) is 0. The molecule has 0 saturated heterocycles. The zero-order chi connectivity index (χ0) is 31.6. The first-order valence-corrected chi connectivity index (χ1v) is 16.0. The van der Waals surface area contributed by atoms with Crippen LogP contribution in [0, 0.1) is 11.3 Å². The molecule has 3 aliphatic rings. The Balaban J connectivity index is 1.15. The van der Waals surface area contributed by atoms with Crippen LogP contribution >= 0.6 is 0 Å². The molecule has 1 spiro atoms. The van der Waals surface area contributed by atoms with E-state index in [2.05, 4.69) is 133 Å². The maximum atomic E-state index is 5.11. The highest BCUT2D eigenvalue weighted by atomic mass is 14.9. The molecule has 2 heterocycles. The number of nitrogens with zero attached hydrogens (tertiary/aromatic N) is 3. The van der Waals surface area contributed by atoms with Gasteiger partial charge in [-0.05, 0) is 51.5 Å². The Morgan fingerprint density at radius 2 is 1.55 bits per heavy atom. The van der Waals surface area contributed by atoms with Crippen molar-refractivity contribution in [3.63, 3.8) is 0 Å². The number of rotatable bonds is 8. The summed E-state index contributed by atoms with van der Waals surface area (Å²) in [6.45, 7) is 4.12. The van der Waals surface area contributed by atoms with E-state index in [1.54, 1.807) is 6.20 Å². The van der Waals surface area contributed by atoms with Crippen molar-refractivity contribution in [2.75, 3.05) is 0 Å². The molecule has 0 bridgehead atoms. The van der Waals surface area contributed by atoms with Crippen LogP contribution in [0.15, 0.2) is 182 Å². The van der Waals surface area contributed by atoms with Crippen LogP contribution in [0.4, 0.5) is 0 Å². The largest absolute Gasteiger partial charge is 0.264 e. The minimum Gasteiger partial charge on any atom is -0.264 e. The maximum Gasteiger partial charge on any atom is 0.160 e. The highest BCUT2D eigenvalue weighted by Crippen LogP contribution is 2.72. The summed E-state index contributed by atoms with van der Waals surface area (Å²) in [4.78, 5) is 14.4. The van der Waals surface area contributed by atoms with Gasteiger partial charge in [-0.1, -0.05) is 158 Å². The Morgan fingerprint density at radius 3 is 2.34 bits per heavy atom. The van der Waals surface area contributed by atoms with Gasteiger partial charge in [-0.3, -0.25) is 4.98 Å². The van der Waals surface area contributed by atoms with Crippen molar-refractivity contribution in [1.82, 2.24) is 15.0 Å². The summed E-state index contributed by atoms with van der Waals surface area (Å²) in [6.07, 6.45) is 27.4. The molecule has 0 radical (unpaired) electrons. The van der Waals surface area contributed by atoms with Crippen LogP contribution in [-0.2, 0) is 0 Å². The molecule has 0 amide bonds. The van der Waals surface area contributed by atoms with Crippen molar-refractivity contribution in [3.05, 3.63) is 199 Å². The van der Waals surface area contributed by atoms with Gasteiger partial charge in [-0.15, -0.1) is 0 Å². The van der Waals surface area contributed by atoms with E-state index in [0.29, 0.717) is 17.7 Å². The van der Waals surface area contributed by atoms with Crippen LogP contribution < -0.4 is 0 Å². The second-order valence-electron chi connectivity index (χ2n) is 12.2. The predicted molar refractivity (Wildman–Crippen MR) is 194 cm³/mol. The number of hydrogen-bond donors (Lipinski definition) is 0. The average molecular weight is 604 g/mol. The van der Waals surface area contributed by atoms with Crippen LogP contribution in [0.1, 0.15) is 22.7 Å². The quantitative estimate of drug-likeness (QED) is 0.166. The molecular formula is C44H33N3. The first kappa shape index (κ1) is 28.5. The zero-order valence-electron chi connectivity index (χ0n) is 25.9. The van der Waals surface area contributed by atoms with Gasteiger partial charge in [-0.25, -0.2) is 9.97 Å². The van der Waals surface area contributed by atoms with Crippen LogP contribution in [0.2, 0.25) is 0 Å². The Hall–Kier alpha value is -5.93. The first-order valence-electron chi connectivity index (χ1n) is 16.0. The van der Waals surface area contributed by atoms with Crippen molar-refractivity contribution < 1.29 is 0 Å². The van der Waals surface area contributed by atoms with E-state index in [1.165, 1.54) is 16.7 Å². The summed E-state index contributed by atoms with van der Waals surface area (Å²) in [6, 6.07) is 33.9. The third-order valence-corrected chi connectivity index (χ3v) is 9.48. The van der Waals surface area contributed by atoms with Gasteiger partial charge in [0.05, 0.1) is 11.4 Å².